The Morgan fingerprint density at radius 1 is 1.00 bits per heavy atom. The lowest BCUT2D eigenvalue weighted by Crippen LogP contribution is -1.95. The van der Waals surface area contributed by atoms with Gasteiger partial charge in [-0.2, -0.15) is 0 Å². The fourth-order valence-corrected chi connectivity index (χ4v) is 1.73. The van der Waals surface area contributed by atoms with Crippen LogP contribution in [0.1, 0.15) is 18.4 Å². The van der Waals surface area contributed by atoms with E-state index < -0.39 is 0 Å². The largest absolute Gasteiger partial charge is 0.512 e. The molecule has 1 aromatic carbocycles. The van der Waals surface area contributed by atoms with Crippen molar-refractivity contribution < 1.29 is 10.2 Å². The Kier molecular flexibility index (Phi) is 2.82. The molecule has 0 unspecified atom stereocenters. The molecule has 2 heteroatoms. The predicted molar refractivity (Wildman–Crippen MR) is 65.2 cm³/mol. The lowest BCUT2D eigenvalue weighted by Gasteiger charge is -2.14. The van der Waals surface area contributed by atoms with Crippen LogP contribution in [0.4, 0.5) is 0 Å². The van der Waals surface area contributed by atoms with Crippen molar-refractivity contribution in [1.82, 2.24) is 0 Å². The third-order valence-corrected chi connectivity index (χ3v) is 2.73. The highest BCUT2D eigenvalue weighted by Gasteiger charge is 2.09. The van der Waals surface area contributed by atoms with Gasteiger partial charge < -0.3 is 10.2 Å². The molecule has 2 nitrogen and oxygen atoms in total. The molecule has 0 fully saturated rings. The second kappa shape index (κ2) is 4.27. The van der Waals surface area contributed by atoms with Gasteiger partial charge in [-0.15, -0.1) is 0 Å². The molecule has 0 aliphatic heterocycles. The maximum absolute atomic E-state index is 9.27. The van der Waals surface area contributed by atoms with E-state index in [2.05, 4.69) is 6.58 Å². The number of aliphatic hydroxyl groups excluding tert-OH is 1. The molecule has 1 aromatic rings. The van der Waals surface area contributed by atoms with Crippen LogP contribution >= 0.6 is 0 Å². The molecule has 1 aliphatic rings. The van der Waals surface area contributed by atoms with Gasteiger partial charge in [-0.05, 0) is 41.3 Å². The Hall–Kier alpha value is -1.96. The topological polar surface area (TPSA) is 40.5 Å². The number of aliphatic hydroxyl groups is 1. The van der Waals surface area contributed by atoms with E-state index in [9.17, 15) is 10.2 Å². The summed E-state index contributed by atoms with van der Waals surface area (Å²) < 4.78 is 0. The standard InChI is InChI=1S/C14H14O2/c1-10(11-2-6-13(15)7-3-11)12-4-8-14(16)9-5-12/h2-4,6-8,15-16H,1,5,9H2. The molecule has 0 amide bonds. The van der Waals surface area contributed by atoms with Gasteiger partial charge in [-0.3, -0.25) is 0 Å². The average Bonchev–Trinajstić information content (AvgIpc) is 2.30. The summed E-state index contributed by atoms with van der Waals surface area (Å²) in [7, 11) is 0. The minimum atomic E-state index is 0.256. The zero-order chi connectivity index (χ0) is 11.5. The minimum Gasteiger partial charge on any atom is -0.512 e. The summed E-state index contributed by atoms with van der Waals surface area (Å²) in [5.41, 5.74) is 3.08. The van der Waals surface area contributed by atoms with Crippen LogP contribution in [0.2, 0.25) is 0 Å². The summed E-state index contributed by atoms with van der Waals surface area (Å²) in [5, 5.41) is 18.5. The zero-order valence-electron chi connectivity index (χ0n) is 8.98. The highest BCUT2D eigenvalue weighted by molar-refractivity contribution is 5.78. The number of phenols is 1. The van der Waals surface area contributed by atoms with Crippen molar-refractivity contribution in [2.75, 3.05) is 0 Å². The first-order valence-corrected chi connectivity index (χ1v) is 5.24. The molecular formula is C14H14O2. The molecule has 0 saturated heterocycles. The monoisotopic (exact) mass is 214 g/mol. The molecule has 0 spiro atoms. The van der Waals surface area contributed by atoms with Gasteiger partial charge in [-0.25, -0.2) is 0 Å². The zero-order valence-corrected chi connectivity index (χ0v) is 8.98. The highest BCUT2D eigenvalue weighted by Crippen LogP contribution is 2.29. The summed E-state index contributed by atoms with van der Waals surface area (Å²) in [5.74, 6) is 0.675. The molecule has 0 heterocycles. The van der Waals surface area contributed by atoms with E-state index in [1.807, 2.05) is 18.2 Å². The predicted octanol–water partition coefficient (Wildman–Crippen LogP) is 3.57. The van der Waals surface area contributed by atoms with Crippen LogP contribution in [0.15, 0.2) is 54.3 Å². The van der Waals surface area contributed by atoms with Crippen molar-refractivity contribution in [2.45, 2.75) is 12.8 Å². The van der Waals surface area contributed by atoms with Crippen LogP contribution in [0.5, 0.6) is 5.75 Å². The summed E-state index contributed by atoms with van der Waals surface area (Å²) in [6.07, 6.45) is 5.09. The SMILES string of the molecule is C=C(C1=CC=C(O)CC1)c1ccc(O)cc1. The first-order chi connectivity index (χ1) is 7.66. The summed E-state index contributed by atoms with van der Waals surface area (Å²) in [4.78, 5) is 0. The van der Waals surface area contributed by atoms with Gasteiger partial charge in [0.1, 0.15) is 5.75 Å². The van der Waals surface area contributed by atoms with E-state index in [0.29, 0.717) is 12.2 Å². The van der Waals surface area contributed by atoms with E-state index in [1.165, 1.54) is 0 Å². The Morgan fingerprint density at radius 3 is 2.25 bits per heavy atom. The number of phenolic OH excluding ortho intramolecular Hbond substituents is 1. The van der Waals surface area contributed by atoms with E-state index in [1.54, 1.807) is 18.2 Å². The van der Waals surface area contributed by atoms with Gasteiger partial charge in [0.05, 0.1) is 5.76 Å². The average molecular weight is 214 g/mol. The highest BCUT2D eigenvalue weighted by atomic mass is 16.3. The molecule has 0 aromatic heterocycles. The Labute approximate surface area is 94.9 Å². The molecule has 0 saturated carbocycles. The summed E-state index contributed by atoms with van der Waals surface area (Å²) in [6.45, 7) is 4.04. The van der Waals surface area contributed by atoms with Crippen molar-refractivity contribution in [1.29, 1.82) is 0 Å². The van der Waals surface area contributed by atoms with Gasteiger partial charge in [0.2, 0.25) is 0 Å². The Balaban J connectivity index is 2.23. The molecule has 0 radical (unpaired) electrons. The van der Waals surface area contributed by atoms with Crippen molar-refractivity contribution in [3.63, 3.8) is 0 Å². The number of hydrogen-bond donors (Lipinski definition) is 2. The maximum atomic E-state index is 9.27. The van der Waals surface area contributed by atoms with Crippen LogP contribution < -0.4 is 0 Å². The number of rotatable bonds is 2. The van der Waals surface area contributed by atoms with Crippen molar-refractivity contribution in [2.24, 2.45) is 0 Å². The van der Waals surface area contributed by atoms with Crippen LogP contribution in [0.25, 0.3) is 5.57 Å². The summed E-state index contributed by atoms with van der Waals surface area (Å²) in [6, 6.07) is 6.99. The maximum Gasteiger partial charge on any atom is 0.115 e. The normalized spacial score (nSPS) is 15.2. The van der Waals surface area contributed by atoms with Crippen LogP contribution in [0, 0.1) is 0 Å². The van der Waals surface area contributed by atoms with Crippen LogP contribution in [0.3, 0.4) is 0 Å². The lowest BCUT2D eigenvalue weighted by atomic mass is 9.93. The summed E-state index contributed by atoms with van der Waals surface area (Å²) >= 11 is 0. The number of benzene rings is 1. The van der Waals surface area contributed by atoms with Gasteiger partial charge in [0.15, 0.2) is 0 Å². The third kappa shape index (κ3) is 2.16. The number of hydrogen-bond acceptors (Lipinski definition) is 2. The first-order valence-electron chi connectivity index (χ1n) is 5.24. The molecule has 2 N–H and O–H groups in total. The Bertz CT molecular complexity index is 464. The molecule has 82 valence electrons. The minimum absolute atomic E-state index is 0.256. The van der Waals surface area contributed by atoms with E-state index in [4.69, 9.17) is 0 Å². The molecule has 0 bridgehead atoms. The van der Waals surface area contributed by atoms with E-state index in [0.717, 1.165) is 23.1 Å². The van der Waals surface area contributed by atoms with Crippen molar-refractivity contribution in [3.8, 4) is 5.75 Å². The van der Waals surface area contributed by atoms with E-state index >= 15 is 0 Å². The lowest BCUT2D eigenvalue weighted by molar-refractivity contribution is 0.386. The van der Waals surface area contributed by atoms with Crippen LogP contribution in [-0.2, 0) is 0 Å². The second-order valence-corrected chi connectivity index (χ2v) is 3.88. The molecular weight excluding hydrogens is 200 g/mol. The van der Waals surface area contributed by atoms with Gasteiger partial charge >= 0.3 is 0 Å². The van der Waals surface area contributed by atoms with Gasteiger partial charge in [-0.1, -0.05) is 24.8 Å². The Morgan fingerprint density at radius 2 is 1.69 bits per heavy atom. The van der Waals surface area contributed by atoms with Crippen LogP contribution in [-0.4, -0.2) is 10.2 Å². The fourth-order valence-electron chi connectivity index (χ4n) is 1.73. The van der Waals surface area contributed by atoms with Crippen molar-refractivity contribution in [3.05, 3.63) is 59.9 Å². The van der Waals surface area contributed by atoms with Gasteiger partial charge in [0.25, 0.3) is 0 Å². The third-order valence-electron chi connectivity index (χ3n) is 2.73. The van der Waals surface area contributed by atoms with Gasteiger partial charge in [0, 0.05) is 6.42 Å². The molecule has 2 rings (SSSR count). The number of aromatic hydroxyl groups is 1. The second-order valence-electron chi connectivity index (χ2n) is 3.88. The molecule has 0 atom stereocenters. The number of allylic oxidation sites excluding steroid dienone is 5. The first kappa shape index (κ1) is 10.6. The van der Waals surface area contributed by atoms with Crippen molar-refractivity contribution >= 4 is 5.57 Å². The van der Waals surface area contributed by atoms with E-state index in [-0.39, 0.29) is 5.75 Å². The quantitative estimate of drug-likeness (QED) is 0.790. The molecule has 16 heavy (non-hydrogen) atoms. The smallest absolute Gasteiger partial charge is 0.115 e. The fraction of sp³-hybridized carbons (Fsp3) is 0.143. The molecule has 1 aliphatic carbocycles.